The van der Waals surface area contributed by atoms with E-state index in [-0.39, 0.29) is 11.8 Å². The molecule has 1 aromatic heterocycles. The summed E-state index contributed by atoms with van der Waals surface area (Å²) in [4.78, 5) is 16.2. The van der Waals surface area contributed by atoms with E-state index in [4.69, 9.17) is 0 Å². The Hall–Kier alpha value is -2.16. The predicted molar refractivity (Wildman–Crippen MR) is 65.8 cm³/mol. The molecule has 1 aromatic carbocycles. The third-order valence-electron chi connectivity index (χ3n) is 3.05. The van der Waals surface area contributed by atoms with Gasteiger partial charge in [0.1, 0.15) is 0 Å². The van der Waals surface area contributed by atoms with E-state index in [1.165, 1.54) is 0 Å². The Kier molecular flexibility index (Phi) is 2.37. The van der Waals surface area contributed by atoms with Gasteiger partial charge in [-0.2, -0.15) is 0 Å². The molecule has 0 bridgehead atoms. The number of pyridine rings is 1. The lowest BCUT2D eigenvalue weighted by Gasteiger charge is -2.07. The summed E-state index contributed by atoms with van der Waals surface area (Å²) in [5, 5.41) is 2.90. The highest BCUT2D eigenvalue weighted by atomic mass is 16.2. The Morgan fingerprint density at radius 3 is 2.76 bits per heavy atom. The third-order valence-corrected chi connectivity index (χ3v) is 3.05. The van der Waals surface area contributed by atoms with Crippen molar-refractivity contribution in [3.8, 4) is 0 Å². The van der Waals surface area contributed by atoms with Gasteiger partial charge >= 0.3 is 0 Å². The number of anilines is 1. The first-order valence-electron chi connectivity index (χ1n) is 5.64. The van der Waals surface area contributed by atoms with Crippen LogP contribution in [0.2, 0.25) is 0 Å². The van der Waals surface area contributed by atoms with Crippen LogP contribution in [-0.4, -0.2) is 10.9 Å². The van der Waals surface area contributed by atoms with Gasteiger partial charge in [0.25, 0.3) is 0 Å². The highest BCUT2D eigenvalue weighted by Gasteiger charge is 2.30. The molecule has 3 heteroatoms. The quantitative estimate of drug-likeness (QED) is 0.850. The van der Waals surface area contributed by atoms with Crippen LogP contribution in [0.3, 0.4) is 0 Å². The normalized spacial score (nSPS) is 17.6. The molecule has 1 N–H and O–H groups in total. The molecule has 2 aromatic rings. The second kappa shape index (κ2) is 4.01. The molecule has 0 aliphatic carbocycles. The van der Waals surface area contributed by atoms with Crippen LogP contribution in [0.25, 0.3) is 0 Å². The number of benzene rings is 1. The topological polar surface area (TPSA) is 42.0 Å². The number of nitrogens with one attached hydrogen (secondary N) is 1. The minimum Gasteiger partial charge on any atom is -0.325 e. The van der Waals surface area contributed by atoms with Crippen LogP contribution in [-0.2, 0) is 11.2 Å². The van der Waals surface area contributed by atoms with Crippen molar-refractivity contribution in [3.63, 3.8) is 0 Å². The number of amides is 1. The smallest absolute Gasteiger partial charge is 0.232 e. The Morgan fingerprint density at radius 1 is 1.12 bits per heavy atom. The lowest BCUT2D eigenvalue weighted by molar-refractivity contribution is -0.117. The summed E-state index contributed by atoms with van der Waals surface area (Å²) in [6.45, 7) is 0. The number of rotatable bonds is 2. The second-order valence-corrected chi connectivity index (χ2v) is 4.15. The Labute approximate surface area is 99.5 Å². The first-order chi connectivity index (χ1) is 8.34. The van der Waals surface area contributed by atoms with Gasteiger partial charge in [0.15, 0.2) is 0 Å². The molecule has 1 atom stereocenters. The molecule has 1 aliphatic heterocycles. The molecular weight excluding hydrogens is 212 g/mol. The van der Waals surface area contributed by atoms with Crippen LogP contribution in [0.4, 0.5) is 5.69 Å². The minimum atomic E-state index is -0.110. The van der Waals surface area contributed by atoms with Crippen molar-refractivity contribution in [1.29, 1.82) is 0 Å². The molecule has 84 valence electrons. The zero-order valence-corrected chi connectivity index (χ0v) is 9.26. The first-order valence-corrected chi connectivity index (χ1v) is 5.64. The predicted octanol–water partition coefficient (Wildman–Crippen LogP) is 2.36. The molecule has 17 heavy (non-hydrogen) atoms. The van der Waals surface area contributed by atoms with Crippen LogP contribution in [0.15, 0.2) is 48.7 Å². The highest BCUT2D eigenvalue weighted by molar-refractivity contribution is 6.02. The Morgan fingerprint density at radius 2 is 1.94 bits per heavy atom. The van der Waals surface area contributed by atoms with Crippen molar-refractivity contribution < 1.29 is 4.79 Å². The van der Waals surface area contributed by atoms with Gasteiger partial charge in [-0.05, 0) is 23.8 Å². The molecule has 2 heterocycles. The summed E-state index contributed by atoms with van der Waals surface area (Å²) in [7, 11) is 0. The fourth-order valence-corrected chi connectivity index (χ4v) is 2.21. The van der Waals surface area contributed by atoms with Gasteiger partial charge < -0.3 is 5.32 Å². The van der Waals surface area contributed by atoms with Crippen molar-refractivity contribution in [2.24, 2.45) is 0 Å². The van der Waals surface area contributed by atoms with Crippen LogP contribution >= 0.6 is 0 Å². The van der Waals surface area contributed by atoms with Crippen molar-refractivity contribution in [3.05, 3.63) is 59.9 Å². The average Bonchev–Trinajstić information content (AvgIpc) is 2.68. The average molecular weight is 224 g/mol. The molecule has 0 saturated heterocycles. The maximum absolute atomic E-state index is 11.9. The van der Waals surface area contributed by atoms with E-state index in [2.05, 4.69) is 10.3 Å². The number of carbonyl (C=O) groups excluding carboxylic acids is 1. The lowest BCUT2D eigenvalue weighted by atomic mass is 9.95. The molecule has 0 saturated carbocycles. The van der Waals surface area contributed by atoms with Crippen molar-refractivity contribution in [1.82, 2.24) is 4.98 Å². The largest absolute Gasteiger partial charge is 0.325 e. The van der Waals surface area contributed by atoms with E-state index in [1.54, 1.807) is 6.20 Å². The zero-order valence-electron chi connectivity index (χ0n) is 9.26. The molecule has 0 fully saturated rings. The number of aromatic nitrogens is 1. The summed E-state index contributed by atoms with van der Waals surface area (Å²) in [5.41, 5.74) is 2.95. The van der Waals surface area contributed by atoms with E-state index in [9.17, 15) is 4.79 Å². The number of hydrogen-bond acceptors (Lipinski definition) is 2. The van der Waals surface area contributed by atoms with Crippen LogP contribution in [0.5, 0.6) is 0 Å². The van der Waals surface area contributed by atoms with Gasteiger partial charge in [-0.3, -0.25) is 9.78 Å². The van der Waals surface area contributed by atoms with Gasteiger partial charge in [0.2, 0.25) is 5.91 Å². The monoisotopic (exact) mass is 224 g/mol. The minimum absolute atomic E-state index is 0.0665. The van der Waals surface area contributed by atoms with Crippen molar-refractivity contribution >= 4 is 11.6 Å². The lowest BCUT2D eigenvalue weighted by Crippen LogP contribution is -2.14. The van der Waals surface area contributed by atoms with Gasteiger partial charge in [-0.15, -0.1) is 0 Å². The second-order valence-electron chi connectivity index (χ2n) is 4.15. The molecule has 3 nitrogen and oxygen atoms in total. The van der Waals surface area contributed by atoms with E-state index in [1.807, 2.05) is 42.5 Å². The first kappa shape index (κ1) is 10.0. The number of hydrogen-bond donors (Lipinski definition) is 1. The number of carbonyl (C=O) groups is 1. The number of nitrogens with zero attached hydrogens (tertiary/aromatic N) is 1. The Balaban J connectivity index is 1.92. The maximum Gasteiger partial charge on any atom is 0.232 e. The van der Waals surface area contributed by atoms with E-state index in [0.717, 1.165) is 16.9 Å². The van der Waals surface area contributed by atoms with Gasteiger partial charge in [-0.1, -0.05) is 24.3 Å². The molecule has 1 amide bonds. The molecule has 0 unspecified atom stereocenters. The fourth-order valence-electron chi connectivity index (χ4n) is 2.21. The molecule has 3 rings (SSSR count). The SMILES string of the molecule is O=C1Nc2ccccc2[C@H]1Cc1ccccn1. The van der Waals surface area contributed by atoms with Crippen molar-refractivity contribution in [2.75, 3.05) is 5.32 Å². The van der Waals surface area contributed by atoms with E-state index >= 15 is 0 Å². The number of fused-ring (bicyclic) bond motifs is 1. The van der Waals surface area contributed by atoms with E-state index in [0.29, 0.717) is 6.42 Å². The van der Waals surface area contributed by atoms with Gasteiger partial charge in [0.05, 0.1) is 5.92 Å². The van der Waals surface area contributed by atoms with Crippen LogP contribution in [0, 0.1) is 0 Å². The fraction of sp³-hybridized carbons (Fsp3) is 0.143. The summed E-state index contributed by atoms with van der Waals surface area (Å²) in [6, 6.07) is 13.6. The third kappa shape index (κ3) is 1.80. The van der Waals surface area contributed by atoms with Crippen LogP contribution in [0.1, 0.15) is 17.2 Å². The van der Waals surface area contributed by atoms with Gasteiger partial charge in [0, 0.05) is 24.0 Å². The highest BCUT2D eigenvalue weighted by Crippen LogP contribution is 2.33. The maximum atomic E-state index is 11.9. The standard InChI is InChI=1S/C14H12N2O/c17-14-12(9-10-5-3-4-8-15-10)11-6-1-2-7-13(11)16-14/h1-8,12H,9H2,(H,16,17)/t12-/m1/s1. The van der Waals surface area contributed by atoms with Crippen LogP contribution < -0.4 is 5.32 Å². The van der Waals surface area contributed by atoms with Crippen molar-refractivity contribution in [2.45, 2.75) is 12.3 Å². The Bertz CT molecular complexity index is 551. The summed E-state index contributed by atoms with van der Waals surface area (Å²) in [6.07, 6.45) is 2.41. The summed E-state index contributed by atoms with van der Waals surface area (Å²) >= 11 is 0. The molecular formula is C14H12N2O. The molecule has 0 spiro atoms. The summed E-state index contributed by atoms with van der Waals surface area (Å²) < 4.78 is 0. The molecule has 0 radical (unpaired) electrons. The summed E-state index contributed by atoms with van der Waals surface area (Å²) in [5.74, 6) is -0.0436. The van der Waals surface area contributed by atoms with E-state index < -0.39 is 0 Å². The van der Waals surface area contributed by atoms with Gasteiger partial charge in [-0.25, -0.2) is 0 Å². The number of para-hydroxylation sites is 1. The molecule has 1 aliphatic rings. The zero-order chi connectivity index (χ0) is 11.7.